The van der Waals surface area contributed by atoms with Crippen LogP contribution in [0.3, 0.4) is 0 Å². The lowest BCUT2D eigenvalue weighted by Crippen LogP contribution is -2.07. The molecule has 29 heavy (non-hydrogen) atoms. The number of benzene rings is 2. The minimum Gasteiger partial charge on any atom is -0.489 e. The van der Waals surface area contributed by atoms with Crippen molar-refractivity contribution in [3.05, 3.63) is 76.3 Å². The predicted octanol–water partition coefficient (Wildman–Crippen LogP) is 4.58. The van der Waals surface area contributed by atoms with Crippen molar-refractivity contribution in [2.75, 3.05) is 12.0 Å². The Morgan fingerprint density at radius 1 is 1.24 bits per heavy atom. The molecule has 0 aliphatic rings. The molecular weight excluding hydrogens is 386 g/mol. The van der Waals surface area contributed by atoms with Gasteiger partial charge in [-0.1, -0.05) is 30.3 Å². The predicted molar refractivity (Wildman–Crippen MR) is 116 cm³/mol. The van der Waals surface area contributed by atoms with Gasteiger partial charge in [0.25, 0.3) is 0 Å². The Morgan fingerprint density at radius 2 is 2.07 bits per heavy atom. The van der Waals surface area contributed by atoms with Crippen molar-refractivity contribution in [1.29, 1.82) is 0 Å². The fraction of sp³-hybridized carbons (Fsp3) is 0.227. The Morgan fingerprint density at radius 3 is 2.83 bits per heavy atom. The Kier molecular flexibility index (Phi) is 7.35. The maximum absolute atomic E-state index is 11.5. The second kappa shape index (κ2) is 10.4. The summed E-state index contributed by atoms with van der Waals surface area (Å²) >= 11 is 1.39. The van der Waals surface area contributed by atoms with Crippen molar-refractivity contribution in [3.63, 3.8) is 0 Å². The van der Waals surface area contributed by atoms with E-state index in [-0.39, 0.29) is 12.4 Å². The molecule has 0 atom stereocenters. The van der Waals surface area contributed by atoms with Gasteiger partial charge in [-0.2, -0.15) is 5.10 Å². The van der Waals surface area contributed by atoms with Crippen LogP contribution in [0.1, 0.15) is 29.3 Å². The number of aromatic nitrogens is 1. The lowest BCUT2D eigenvalue weighted by Gasteiger charge is -2.08. The van der Waals surface area contributed by atoms with Crippen LogP contribution in [0.4, 0.5) is 5.13 Å². The average Bonchev–Trinajstić information content (AvgIpc) is 3.16. The zero-order chi connectivity index (χ0) is 20.5. The summed E-state index contributed by atoms with van der Waals surface area (Å²) in [7, 11) is 0. The summed E-state index contributed by atoms with van der Waals surface area (Å²) in [6.45, 7) is 4.70. The zero-order valence-corrected chi connectivity index (χ0v) is 17.2. The van der Waals surface area contributed by atoms with Crippen LogP contribution in [0.15, 0.2) is 59.0 Å². The molecule has 2 aromatic carbocycles. The van der Waals surface area contributed by atoms with Gasteiger partial charge in [-0.3, -0.25) is 10.2 Å². The minimum atomic E-state index is -0.280. The van der Waals surface area contributed by atoms with Gasteiger partial charge in [0.15, 0.2) is 0 Å². The summed E-state index contributed by atoms with van der Waals surface area (Å²) in [6.07, 6.45) is 1.90. The highest BCUT2D eigenvalue weighted by molar-refractivity contribution is 7.13. The lowest BCUT2D eigenvalue weighted by atomic mass is 10.1. The van der Waals surface area contributed by atoms with Gasteiger partial charge in [-0.05, 0) is 48.7 Å². The van der Waals surface area contributed by atoms with Gasteiger partial charge in [0.05, 0.1) is 24.9 Å². The fourth-order valence-electron chi connectivity index (χ4n) is 2.58. The molecule has 0 amide bonds. The highest BCUT2D eigenvalue weighted by Crippen LogP contribution is 2.19. The summed E-state index contributed by atoms with van der Waals surface area (Å²) in [5.41, 5.74) is 6.74. The summed E-state index contributed by atoms with van der Waals surface area (Å²) < 4.78 is 10.8. The largest absolute Gasteiger partial charge is 0.489 e. The normalized spacial score (nSPS) is 10.8. The molecule has 0 bridgehead atoms. The third-order valence-electron chi connectivity index (χ3n) is 4.04. The highest BCUT2D eigenvalue weighted by atomic mass is 32.1. The van der Waals surface area contributed by atoms with Gasteiger partial charge in [0.2, 0.25) is 5.13 Å². The van der Waals surface area contributed by atoms with Crippen LogP contribution in [0.25, 0.3) is 0 Å². The molecule has 0 unspecified atom stereocenters. The number of anilines is 1. The van der Waals surface area contributed by atoms with Crippen molar-refractivity contribution < 1.29 is 14.3 Å². The molecule has 1 heterocycles. The number of hydrogen-bond acceptors (Lipinski definition) is 7. The van der Waals surface area contributed by atoms with Crippen molar-refractivity contribution >= 4 is 28.7 Å². The molecule has 0 aliphatic heterocycles. The Hall–Kier alpha value is -3.19. The number of aryl methyl sites for hydroxylation is 1. The molecule has 3 aromatic rings. The Labute approximate surface area is 174 Å². The molecule has 6 nitrogen and oxygen atoms in total. The van der Waals surface area contributed by atoms with Crippen LogP contribution in [-0.2, 0) is 22.6 Å². The molecule has 3 rings (SSSR count). The van der Waals surface area contributed by atoms with E-state index in [0.717, 1.165) is 22.4 Å². The molecular formula is C22H23N3O3S. The fourth-order valence-corrected chi connectivity index (χ4v) is 3.24. The van der Waals surface area contributed by atoms with Crippen LogP contribution in [0.5, 0.6) is 5.75 Å². The highest BCUT2D eigenvalue weighted by Gasteiger charge is 2.08. The van der Waals surface area contributed by atoms with Crippen molar-refractivity contribution in [2.45, 2.75) is 26.9 Å². The number of hydrogen-bond donors (Lipinski definition) is 1. The smallest absolute Gasteiger partial charge is 0.311 e. The topological polar surface area (TPSA) is 72.8 Å². The van der Waals surface area contributed by atoms with Gasteiger partial charge in [-0.25, -0.2) is 4.98 Å². The van der Waals surface area contributed by atoms with Gasteiger partial charge >= 0.3 is 5.97 Å². The molecule has 1 N–H and O–H groups in total. The quantitative estimate of drug-likeness (QED) is 0.318. The van der Waals surface area contributed by atoms with E-state index in [1.807, 2.05) is 60.8 Å². The molecule has 0 radical (unpaired) electrons. The lowest BCUT2D eigenvalue weighted by molar-refractivity contribution is -0.142. The molecule has 0 fully saturated rings. The molecule has 150 valence electrons. The maximum atomic E-state index is 11.5. The van der Waals surface area contributed by atoms with E-state index in [4.69, 9.17) is 9.47 Å². The SMILES string of the molecule is CCOC(=O)Cc1csc(NN=Cc2ccc(OCc3ccccc3)cc2C)n1. The molecule has 1 aromatic heterocycles. The number of esters is 1. The second-order valence-corrected chi connectivity index (χ2v) is 7.15. The van der Waals surface area contributed by atoms with Crippen LogP contribution in [-0.4, -0.2) is 23.8 Å². The number of nitrogens with zero attached hydrogens (tertiary/aromatic N) is 2. The number of ether oxygens (including phenoxy) is 2. The van der Waals surface area contributed by atoms with Crippen LogP contribution in [0, 0.1) is 6.92 Å². The van der Waals surface area contributed by atoms with Gasteiger partial charge in [-0.15, -0.1) is 11.3 Å². The maximum Gasteiger partial charge on any atom is 0.311 e. The number of hydrazone groups is 1. The van der Waals surface area contributed by atoms with Crippen molar-refractivity contribution in [3.8, 4) is 5.75 Å². The summed E-state index contributed by atoms with van der Waals surface area (Å²) in [5, 5.41) is 6.68. The summed E-state index contributed by atoms with van der Waals surface area (Å²) in [6, 6.07) is 15.9. The van der Waals surface area contributed by atoms with Crippen molar-refractivity contribution in [1.82, 2.24) is 4.98 Å². The number of thiazole rings is 1. The van der Waals surface area contributed by atoms with E-state index in [0.29, 0.717) is 24.0 Å². The molecule has 0 saturated heterocycles. The number of rotatable bonds is 9. The summed E-state index contributed by atoms with van der Waals surface area (Å²) in [5.74, 6) is 0.540. The molecule has 0 saturated carbocycles. The van der Waals surface area contributed by atoms with Crippen LogP contribution in [0.2, 0.25) is 0 Å². The Balaban J connectivity index is 1.53. The first-order chi connectivity index (χ1) is 14.1. The first kappa shape index (κ1) is 20.5. The van der Waals surface area contributed by atoms with Gasteiger partial charge in [0.1, 0.15) is 12.4 Å². The Bertz CT molecular complexity index is 970. The number of nitrogens with one attached hydrogen (secondary N) is 1. The third-order valence-corrected chi connectivity index (χ3v) is 4.83. The molecule has 7 heteroatoms. The number of carbonyl (C=O) groups excluding carboxylic acids is 1. The zero-order valence-electron chi connectivity index (χ0n) is 16.4. The molecule has 0 spiro atoms. The van der Waals surface area contributed by atoms with E-state index >= 15 is 0 Å². The molecule has 0 aliphatic carbocycles. The van der Waals surface area contributed by atoms with Crippen LogP contribution >= 0.6 is 11.3 Å². The average molecular weight is 410 g/mol. The summed E-state index contributed by atoms with van der Waals surface area (Å²) in [4.78, 5) is 15.8. The van der Waals surface area contributed by atoms with E-state index in [2.05, 4.69) is 15.5 Å². The third kappa shape index (κ3) is 6.43. The standard InChI is InChI=1S/C22H23N3O3S/c1-3-27-21(26)12-19-15-29-22(24-19)25-23-13-18-9-10-20(11-16(18)2)28-14-17-7-5-4-6-8-17/h4-11,13,15H,3,12,14H2,1-2H3,(H,24,25). The second-order valence-electron chi connectivity index (χ2n) is 6.29. The van der Waals surface area contributed by atoms with E-state index in [1.54, 1.807) is 13.1 Å². The first-order valence-electron chi connectivity index (χ1n) is 9.30. The van der Waals surface area contributed by atoms with Crippen LogP contribution < -0.4 is 10.2 Å². The number of carbonyl (C=O) groups is 1. The first-order valence-corrected chi connectivity index (χ1v) is 10.2. The van der Waals surface area contributed by atoms with Gasteiger partial charge in [0, 0.05) is 5.38 Å². The van der Waals surface area contributed by atoms with E-state index in [9.17, 15) is 4.79 Å². The van der Waals surface area contributed by atoms with Crippen molar-refractivity contribution in [2.24, 2.45) is 5.10 Å². The van der Waals surface area contributed by atoms with E-state index in [1.165, 1.54) is 11.3 Å². The monoisotopic (exact) mass is 409 g/mol. The van der Waals surface area contributed by atoms with Gasteiger partial charge < -0.3 is 9.47 Å². The minimum absolute atomic E-state index is 0.166. The van der Waals surface area contributed by atoms with E-state index < -0.39 is 0 Å².